The number of thioether (sulfide) groups is 2. The lowest BCUT2D eigenvalue weighted by Gasteiger charge is -2.05. The lowest BCUT2D eigenvalue weighted by Crippen LogP contribution is -2.18. The molecular formula is C23H26N2O4S3. The Bertz CT molecular complexity index is 1140. The molecule has 0 aliphatic carbocycles. The number of carbonyl (C=O) groups is 2. The maximum atomic E-state index is 12.6. The number of nitrogens with zero attached hydrogens (tertiary/aromatic N) is 2. The summed E-state index contributed by atoms with van der Waals surface area (Å²) in [4.78, 5) is 30.8. The van der Waals surface area contributed by atoms with Crippen LogP contribution in [-0.2, 0) is 16.1 Å². The summed E-state index contributed by atoms with van der Waals surface area (Å²) in [6, 6.07) is 13.3. The van der Waals surface area contributed by atoms with E-state index in [9.17, 15) is 9.59 Å². The summed E-state index contributed by atoms with van der Waals surface area (Å²) in [6.45, 7) is 2.86. The van der Waals surface area contributed by atoms with Crippen molar-refractivity contribution in [3.63, 3.8) is 0 Å². The Morgan fingerprint density at radius 3 is 2.59 bits per heavy atom. The van der Waals surface area contributed by atoms with Gasteiger partial charge in [-0.3, -0.25) is 4.79 Å². The molecule has 3 rings (SSSR count). The number of hydrogen-bond acceptors (Lipinski definition) is 7. The number of benzene rings is 2. The lowest BCUT2D eigenvalue weighted by molar-refractivity contribution is -0.117. The molecule has 170 valence electrons. The molecule has 0 fully saturated rings. The first-order valence-electron chi connectivity index (χ1n) is 10.2. The first kappa shape index (κ1) is 24.4. The summed E-state index contributed by atoms with van der Waals surface area (Å²) in [6.07, 6.45) is 2.40. The molecule has 1 aromatic heterocycles. The van der Waals surface area contributed by atoms with Gasteiger partial charge >= 0.3 is 5.97 Å². The zero-order chi connectivity index (χ0) is 22.9. The second-order valence-corrected chi connectivity index (χ2v) is 9.87. The van der Waals surface area contributed by atoms with Gasteiger partial charge in [-0.05, 0) is 55.6 Å². The van der Waals surface area contributed by atoms with Crippen molar-refractivity contribution in [3.8, 4) is 5.75 Å². The first-order valence-corrected chi connectivity index (χ1v) is 13.4. The van der Waals surface area contributed by atoms with Crippen molar-refractivity contribution in [3.05, 3.63) is 52.8 Å². The average molecular weight is 491 g/mol. The van der Waals surface area contributed by atoms with Gasteiger partial charge in [-0.15, -0.1) is 11.8 Å². The number of thiazole rings is 1. The third-order valence-corrected chi connectivity index (χ3v) is 7.22. The first-order chi connectivity index (χ1) is 15.5. The molecule has 0 aliphatic heterocycles. The van der Waals surface area contributed by atoms with E-state index >= 15 is 0 Å². The zero-order valence-corrected chi connectivity index (χ0v) is 20.8. The Balaban J connectivity index is 1.77. The van der Waals surface area contributed by atoms with Crippen molar-refractivity contribution in [2.75, 3.05) is 31.5 Å². The monoisotopic (exact) mass is 490 g/mol. The minimum absolute atomic E-state index is 0.152. The van der Waals surface area contributed by atoms with Crippen molar-refractivity contribution in [1.82, 2.24) is 4.57 Å². The highest BCUT2D eigenvalue weighted by Crippen LogP contribution is 2.23. The van der Waals surface area contributed by atoms with Gasteiger partial charge in [0.2, 0.25) is 5.91 Å². The second kappa shape index (κ2) is 12.1. The van der Waals surface area contributed by atoms with E-state index in [0.29, 0.717) is 29.1 Å². The highest BCUT2D eigenvalue weighted by Gasteiger charge is 2.12. The largest absolute Gasteiger partial charge is 0.497 e. The van der Waals surface area contributed by atoms with E-state index in [-0.39, 0.29) is 11.9 Å². The molecule has 1 amide bonds. The number of amides is 1. The van der Waals surface area contributed by atoms with E-state index in [1.54, 1.807) is 43.6 Å². The molecule has 0 N–H and O–H groups in total. The Labute approximate surface area is 200 Å². The Hall–Kier alpha value is -2.23. The van der Waals surface area contributed by atoms with Gasteiger partial charge in [0.1, 0.15) is 5.75 Å². The molecule has 2 aromatic carbocycles. The van der Waals surface area contributed by atoms with Gasteiger partial charge in [-0.25, -0.2) is 4.79 Å². The van der Waals surface area contributed by atoms with E-state index in [4.69, 9.17) is 9.47 Å². The summed E-state index contributed by atoms with van der Waals surface area (Å²) < 4.78 is 13.2. The van der Waals surface area contributed by atoms with Gasteiger partial charge in [0.25, 0.3) is 0 Å². The van der Waals surface area contributed by atoms with Crippen LogP contribution in [-0.4, -0.2) is 47.9 Å². The third kappa shape index (κ3) is 6.40. The minimum Gasteiger partial charge on any atom is -0.497 e. The number of carbonyl (C=O) groups excluding carboxylic acids is 2. The van der Waals surface area contributed by atoms with Crippen LogP contribution in [0, 0.1) is 0 Å². The Morgan fingerprint density at radius 2 is 1.91 bits per heavy atom. The molecule has 0 spiro atoms. The highest BCUT2D eigenvalue weighted by atomic mass is 32.2. The van der Waals surface area contributed by atoms with Crippen LogP contribution in [0.2, 0.25) is 0 Å². The van der Waals surface area contributed by atoms with E-state index in [1.807, 2.05) is 42.7 Å². The van der Waals surface area contributed by atoms with Gasteiger partial charge in [0.05, 0.1) is 29.5 Å². The van der Waals surface area contributed by atoms with Crippen LogP contribution in [0.15, 0.2) is 52.4 Å². The predicted molar refractivity (Wildman–Crippen MR) is 133 cm³/mol. The van der Waals surface area contributed by atoms with Gasteiger partial charge in [-0.2, -0.15) is 16.8 Å². The quantitative estimate of drug-likeness (QED) is 0.299. The second-order valence-electron chi connectivity index (χ2n) is 6.71. The maximum Gasteiger partial charge on any atom is 0.338 e. The highest BCUT2D eigenvalue weighted by molar-refractivity contribution is 7.99. The SMILES string of the molecule is CCOC(=O)c1ccc2c(c1)sc(=NC(=O)CCSc1ccc(OC)cc1)n2CCSC. The van der Waals surface area contributed by atoms with Gasteiger partial charge in [-0.1, -0.05) is 11.3 Å². The Kier molecular flexibility index (Phi) is 9.25. The normalized spacial score (nSPS) is 11.7. The summed E-state index contributed by atoms with van der Waals surface area (Å²) in [5, 5.41) is 0. The molecule has 0 radical (unpaired) electrons. The van der Waals surface area contributed by atoms with Gasteiger partial charge in [0, 0.05) is 29.4 Å². The van der Waals surface area contributed by atoms with Crippen LogP contribution in [0.4, 0.5) is 0 Å². The molecule has 3 aromatic rings. The smallest absolute Gasteiger partial charge is 0.338 e. The van der Waals surface area contributed by atoms with E-state index in [0.717, 1.165) is 33.2 Å². The van der Waals surface area contributed by atoms with Crippen LogP contribution < -0.4 is 9.54 Å². The molecule has 1 heterocycles. The summed E-state index contributed by atoms with van der Waals surface area (Å²) in [5.41, 5.74) is 1.47. The van der Waals surface area contributed by atoms with E-state index in [2.05, 4.69) is 9.56 Å². The number of methoxy groups -OCH3 is 1. The average Bonchev–Trinajstić information content (AvgIpc) is 3.14. The number of fused-ring (bicyclic) bond motifs is 1. The predicted octanol–water partition coefficient (Wildman–Crippen LogP) is 4.86. The zero-order valence-electron chi connectivity index (χ0n) is 18.3. The summed E-state index contributed by atoms with van der Waals surface area (Å²) in [5.74, 6) is 1.87. The third-order valence-electron chi connectivity index (χ3n) is 4.58. The number of rotatable bonds is 10. The molecule has 0 bridgehead atoms. The molecule has 0 unspecified atom stereocenters. The van der Waals surface area contributed by atoms with E-state index < -0.39 is 0 Å². The number of hydrogen-bond donors (Lipinski definition) is 0. The maximum absolute atomic E-state index is 12.6. The topological polar surface area (TPSA) is 69.9 Å². The summed E-state index contributed by atoms with van der Waals surface area (Å²) >= 11 is 4.78. The fourth-order valence-corrected chi connectivity index (χ4v) is 5.31. The van der Waals surface area contributed by atoms with Crippen LogP contribution in [0.25, 0.3) is 10.2 Å². The molecule has 32 heavy (non-hydrogen) atoms. The van der Waals surface area contributed by atoms with Crippen molar-refractivity contribution < 1.29 is 19.1 Å². The molecule has 0 saturated carbocycles. The molecule has 0 aliphatic rings. The van der Waals surface area contributed by atoms with Crippen LogP contribution in [0.3, 0.4) is 0 Å². The number of aromatic nitrogens is 1. The van der Waals surface area contributed by atoms with Crippen molar-refractivity contribution in [2.45, 2.75) is 24.8 Å². The number of ether oxygens (including phenoxy) is 2. The van der Waals surface area contributed by atoms with Crippen molar-refractivity contribution in [2.24, 2.45) is 4.99 Å². The van der Waals surface area contributed by atoms with Crippen LogP contribution >= 0.6 is 34.9 Å². The molecule has 9 heteroatoms. The van der Waals surface area contributed by atoms with Gasteiger partial charge in [0.15, 0.2) is 4.80 Å². The van der Waals surface area contributed by atoms with Crippen molar-refractivity contribution in [1.29, 1.82) is 0 Å². The summed E-state index contributed by atoms with van der Waals surface area (Å²) in [7, 11) is 1.64. The fourth-order valence-electron chi connectivity index (χ4n) is 2.99. The molecule has 0 saturated heterocycles. The minimum atomic E-state index is -0.344. The fraction of sp³-hybridized carbons (Fsp3) is 0.348. The van der Waals surface area contributed by atoms with Crippen LogP contribution in [0.1, 0.15) is 23.7 Å². The molecular weight excluding hydrogens is 464 g/mol. The van der Waals surface area contributed by atoms with Gasteiger partial charge < -0.3 is 14.0 Å². The lowest BCUT2D eigenvalue weighted by atomic mass is 10.2. The van der Waals surface area contributed by atoms with Crippen molar-refractivity contribution >= 4 is 57.0 Å². The standard InChI is InChI=1S/C23H26N2O4S3/c1-4-29-22(27)16-5-10-19-20(15-16)32-23(25(19)12-14-30-3)24-21(26)11-13-31-18-8-6-17(28-2)7-9-18/h5-10,15H,4,11-14H2,1-3H3. The van der Waals surface area contributed by atoms with Crippen LogP contribution in [0.5, 0.6) is 5.75 Å². The molecule has 0 atom stereocenters. The number of aryl methyl sites for hydroxylation is 1. The van der Waals surface area contributed by atoms with E-state index in [1.165, 1.54) is 11.3 Å². The molecule has 6 nitrogen and oxygen atoms in total. The Morgan fingerprint density at radius 1 is 1.12 bits per heavy atom. The number of esters is 1.